The van der Waals surface area contributed by atoms with Gasteiger partial charge in [0, 0.05) is 14.7 Å². The molecule has 0 saturated heterocycles. The van der Waals surface area contributed by atoms with Crippen molar-refractivity contribution in [2.24, 2.45) is 0 Å². The second kappa shape index (κ2) is 4.74. The van der Waals surface area contributed by atoms with Gasteiger partial charge in [-0.1, -0.05) is 0 Å². The molecule has 2 N–H and O–H groups in total. The van der Waals surface area contributed by atoms with Crippen LogP contribution >= 0.6 is 27.3 Å². The van der Waals surface area contributed by atoms with Crippen molar-refractivity contribution in [2.75, 3.05) is 0 Å². The third-order valence-corrected chi connectivity index (χ3v) is 3.33. The van der Waals surface area contributed by atoms with Crippen LogP contribution in [-0.4, -0.2) is 22.3 Å². The summed E-state index contributed by atoms with van der Waals surface area (Å²) < 4.78 is 0.998. The van der Waals surface area contributed by atoms with Gasteiger partial charge in [-0.25, -0.2) is 4.79 Å². The number of aryl methyl sites for hydroxylation is 1. The van der Waals surface area contributed by atoms with Gasteiger partial charge in [-0.15, -0.1) is 11.3 Å². The van der Waals surface area contributed by atoms with Crippen molar-refractivity contribution < 1.29 is 15.0 Å². The summed E-state index contributed by atoms with van der Waals surface area (Å²) in [5, 5.41) is 19.3. The molecule has 0 aliphatic rings. The summed E-state index contributed by atoms with van der Waals surface area (Å²) in [4.78, 5) is 11.3. The third-order valence-electron chi connectivity index (χ3n) is 1.57. The van der Waals surface area contributed by atoms with E-state index in [0.717, 1.165) is 9.35 Å². The molecule has 13 heavy (non-hydrogen) atoms. The van der Waals surface area contributed by atoms with Crippen LogP contribution in [0.25, 0.3) is 0 Å². The van der Waals surface area contributed by atoms with E-state index in [1.54, 1.807) is 11.3 Å². The maximum Gasteiger partial charge on any atom is 0.332 e. The summed E-state index contributed by atoms with van der Waals surface area (Å²) in [6, 6.07) is 1.93. The molecule has 0 spiro atoms. The molecule has 0 aliphatic carbocycles. The summed E-state index contributed by atoms with van der Waals surface area (Å²) in [5.41, 5.74) is 0. The Morgan fingerprint density at radius 1 is 1.69 bits per heavy atom. The van der Waals surface area contributed by atoms with Crippen LogP contribution in [0.4, 0.5) is 0 Å². The topological polar surface area (TPSA) is 57.5 Å². The smallest absolute Gasteiger partial charge is 0.332 e. The Balaban J connectivity index is 2.39. The lowest BCUT2D eigenvalue weighted by Crippen LogP contribution is -2.19. The van der Waals surface area contributed by atoms with Crippen molar-refractivity contribution in [3.63, 3.8) is 0 Å². The fraction of sp³-hybridized carbons (Fsp3) is 0.375. The molecule has 1 heterocycles. The van der Waals surface area contributed by atoms with Gasteiger partial charge in [-0.2, -0.15) is 0 Å². The van der Waals surface area contributed by atoms with Gasteiger partial charge in [-0.3, -0.25) is 0 Å². The first-order valence-corrected chi connectivity index (χ1v) is 5.40. The number of carbonyl (C=O) groups is 1. The lowest BCUT2D eigenvalue weighted by Gasteiger charge is -2.02. The molecule has 0 amide bonds. The van der Waals surface area contributed by atoms with Crippen LogP contribution in [0.5, 0.6) is 0 Å². The van der Waals surface area contributed by atoms with Crippen molar-refractivity contribution >= 4 is 33.2 Å². The van der Waals surface area contributed by atoms with E-state index in [9.17, 15) is 4.79 Å². The molecule has 1 atom stereocenters. The van der Waals surface area contributed by atoms with E-state index >= 15 is 0 Å². The molecule has 1 rings (SSSR count). The summed E-state index contributed by atoms with van der Waals surface area (Å²) in [5.74, 6) is -1.16. The molecule has 0 bridgehead atoms. The Kier molecular flexibility index (Phi) is 3.90. The van der Waals surface area contributed by atoms with Crippen LogP contribution < -0.4 is 0 Å². The number of hydrogen-bond donors (Lipinski definition) is 2. The minimum Gasteiger partial charge on any atom is -0.479 e. The molecule has 1 aromatic heterocycles. The van der Waals surface area contributed by atoms with Crippen molar-refractivity contribution in [2.45, 2.75) is 18.9 Å². The Morgan fingerprint density at radius 3 is 2.85 bits per heavy atom. The second-order valence-electron chi connectivity index (χ2n) is 2.62. The van der Waals surface area contributed by atoms with Crippen molar-refractivity contribution in [1.29, 1.82) is 0 Å². The molecule has 0 fully saturated rings. The van der Waals surface area contributed by atoms with Gasteiger partial charge in [0.25, 0.3) is 0 Å². The summed E-state index contributed by atoms with van der Waals surface area (Å²) in [6.45, 7) is 0. The van der Waals surface area contributed by atoms with E-state index in [2.05, 4.69) is 15.9 Å². The highest BCUT2D eigenvalue weighted by atomic mass is 79.9. The zero-order valence-electron chi connectivity index (χ0n) is 6.74. The highest BCUT2D eigenvalue weighted by molar-refractivity contribution is 9.10. The fourth-order valence-corrected chi connectivity index (χ4v) is 2.36. The van der Waals surface area contributed by atoms with E-state index in [1.165, 1.54) is 0 Å². The SMILES string of the molecule is O=C(O)C(O)CCc1cc(Br)cs1. The molecule has 0 saturated carbocycles. The van der Waals surface area contributed by atoms with Crippen molar-refractivity contribution in [3.05, 3.63) is 20.8 Å². The molecule has 0 aliphatic heterocycles. The molecule has 0 radical (unpaired) electrons. The average molecular weight is 265 g/mol. The number of hydrogen-bond acceptors (Lipinski definition) is 3. The number of thiophene rings is 1. The number of halogens is 1. The van der Waals surface area contributed by atoms with Gasteiger partial charge in [0.05, 0.1) is 0 Å². The van der Waals surface area contributed by atoms with Crippen molar-refractivity contribution in [3.8, 4) is 0 Å². The molecule has 1 unspecified atom stereocenters. The van der Waals surface area contributed by atoms with Gasteiger partial charge in [0.1, 0.15) is 0 Å². The first-order chi connectivity index (χ1) is 6.09. The van der Waals surface area contributed by atoms with Gasteiger partial charge in [0.15, 0.2) is 6.10 Å². The van der Waals surface area contributed by atoms with Gasteiger partial charge in [-0.05, 0) is 34.8 Å². The number of aliphatic hydroxyl groups is 1. The third kappa shape index (κ3) is 3.46. The lowest BCUT2D eigenvalue weighted by atomic mass is 10.2. The average Bonchev–Trinajstić information content (AvgIpc) is 2.47. The minimum atomic E-state index is -1.25. The Bertz CT molecular complexity index is 297. The predicted molar refractivity (Wildman–Crippen MR) is 54.0 cm³/mol. The zero-order valence-corrected chi connectivity index (χ0v) is 9.14. The Morgan fingerprint density at radius 2 is 2.38 bits per heavy atom. The monoisotopic (exact) mass is 264 g/mol. The molecular weight excluding hydrogens is 256 g/mol. The molecular formula is C8H9BrO3S. The van der Waals surface area contributed by atoms with E-state index in [0.29, 0.717) is 6.42 Å². The normalized spacial score (nSPS) is 12.8. The lowest BCUT2D eigenvalue weighted by molar-refractivity contribution is -0.146. The van der Waals surface area contributed by atoms with E-state index < -0.39 is 12.1 Å². The van der Waals surface area contributed by atoms with E-state index in [1.807, 2.05) is 11.4 Å². The van der Waals surface area contributed by atoms with Crippen LogP contribution in [0, 0.1) is 0 Å². The highest BCUT2D eigenvalue weighted by Crippen LogP contribution is 2.21. The number of carboxylic acids is 1. The first-order valence-electron chi connectivity index (χ1n) is 3.73. The van der Waals surface area contributed by atoms with E-state index in [-0.39, 0.29) is 6.42 Å². The van der Waals surface area contributed by atoms with Gasteiger partial charge < -0.3 is 10.2 Å². The summed E-state index contributed by atoms with van der Waals surface area (Å²) >= 11 is 4.85. The van der Waals surface area contributed by atoms with Crippen LogP contribution in [0.15, 0.2) is 15.9 Å². The quantitative estimate of drug-likeness (QED) is 0.874. The van der Waals surface area contributed by atoms with Gasteiger partial charge in [0.2, 0.25) is 0 Å². The zero-order chi connectivity index (χ0) is 9.84. The molecule has 0 aromatic carbocycles. The predicted octanol–water partition coefficient (Wildman–Crippen LogP) is 1.89. The highest BCUT2D eigenvalue weighted by Gasteiger charge is 2.12. The maximum atomic E-state index is 10.3. The Labute approximate surface area is 88.1 Å². The number of carboxylic acid groups (broad SMARTS) is 1. The summed E-state index contributed by atoms with van der Waals surface area (Å²) in [7, 11) is 0. The van der Waals surface area contributed by atoms with Gasteiger partial charge >= 0.3 is 5.97 Å². The number of rotatable bonds is 4. The molecule has 72 valence electrons. The maximum absolute atomic E-state index is 10.3. The molecule has 5 heteroatoms. The standard InChI is InChI=1S/C8H9BrO3S/c9-5-3-6(13-4-5)1-2-7(10)8(11)12/h3-4,7,10H,1-2H2,(H,11,12). The van der Waals surface area contributed by atoms with Crippen LogP contribution in [0.2, 0.25) is 0 Å². The molecule has 1 aromatic rings. The van der Waals surface area contributed by atoms with E-state index in [4.69, 9.17) is 10.2 Å². The van der Waals surface area contributed by atoms with Crippen LogP contribution in [-0.2, 0) is 11.2 Å². The fourth-order valence-electron chi connectivity index (χ4n) is 0.887. The Hall–Kier alpha value is -0.390. The number of aliphatic carboxylic acids is 1. The molecule has 3 nitrogen and oxygen atoms in total. The summed E-state index contributed by atoms with van der Waals surface area (Å²) in [6.07, 6.45) is -0.382. The largest absolute Gasteiger partial charge is 0.479 e. The number of aliphatic hydroxyl groups excluding tert-OH is 1. The minimum absolute atomic E-state index is 0.266. The van der Waals surface area contributed by atoms with Crippen LogP contribution in [0.3, 0.4) is 0 Å². The van der Waals surface area contributed by atoms with Crippen molar-refractivity contribution in [1.82, 2.24) is 0 Å². The second-order valence-corrected chi connectivity index (χ2v) is 4.54. The van der Waals surface area contributed by atoms with Crippen LogP contribution in [0.1, 0.15) is 11.3 Å². The first kappa shape index (κ1) is 10.7.